The Kier molecular flexibility index (Phi) is 1.58. The lowest BCUT2D eigenvalue weighted by atomic mass is 10.2. The average molecular weight is 188 g/mol. The molecule has 0 unspecified atom stereocenters. The van der Waals surface area contributed by atoms with Crippen LogP contribution < -0.4 is 0 Å². The summed E-state index contributed by atoms with van der Waals surface area (Å²) in [6.45, 7) is 0. The van der Waals surface area contributed by atoms with Gasteiger partial charge in [-0.15, -0.1) is 0 Å². The van der Waals surface area contributed by atoms with Crippen LogP contribution >= 0.6 is 11.6 Å². The monoisotopic (exact) mass is 187 g/mol. The van der Waals surface area contributed by atoms with Crippen LogP contribution in [0.4, 0.5) is 0 Å². The van der Waals surface area contributed by atoms with Crippen LogP contribution in [0.3, 0.4) is 0 Å². The standard InChI is InChI=1S/C7H6ClNO3/c8-6-4(3-1-2-3)5(7(10)11)12-9-6/h3H,1-2H2,(H,10,11). The smallest absolute Gasteiger partial charge is 0.375 e. The summed E-state index contributed by atoms with van der Waals surface area (Å²) in [5.41, 5.74) is 0.559. The minimum absolute atomic E-state index is 0.109. The van der Waals surface area contributed by atoms with Crippen LogP contribution in [-0.4, -0.2) is 16.2 Å². The van der Waals surface area contributed by atoms with Crippen molar-refractivity contribution in [3.63, 3.8) is 0 Å². The van der Waals surface area contributed by atoms with E-state index in [0.717, 1.165) is 12.8 Å². The first-order valence-corrected chi connectivity index (χ1v) is 3.96. The van der Waals surface area contributed by atoms with Gasteiger partial charge < -0.3 is 9.63 Å². The maximum atomic E-state index is 10.6. The summed E-state index contributed by atoms with van der Waals surface area (Å²) in [5.74, 6) is -0.964. The van der Waals surface area contributed by atoms with Gasteiger partial charge >= 0.3 is 5.97 Å². The van der Waals surface area contributed by atoms with E-state index in [1.165, 1.54) is 0 Å². The first-order valence-electron chi connectivity index (χ1n) is 3.58. The van der Waals surface area contributed by atoms with Crippen molar-refractivity contribution in [1.82, 2.24) is 5.16 Å². The molecule has 1 aromatic heterocycles. The van der Waals surface area contributed by atoms with Gasteiger partial charge in [-0.1, -0.05) is 16.8 Å². The molecule has 0 aromatic carbocycles. The van der Waals surface area contributed by atoms with Crippen molar-refractivity contribution in [2.45, 2.75) is 18.8 Å². The summed E-state index contributed by atoms with van der Waals surface area (Å²) in [5, 5.41) is 12.3. The van der Waals surface area contributed by atoms with Crippen LogP contribution in [0.15, 0.2) is 4.52 Å². The fourth-order valence-corrected chi connectivity index (χ4v) is 1.43. The van der Waals surface area contributed by atoms with E-state index in [4.69, 9.17) is 16.7 Å². The summed E-state index contributed by atoms with van der Waals surface area (Å²) >= 11 is 5.66. The fourth-order valence-electron chi connectivity index (χ4n) is 1.16. The molecule has 1 heterocycles. The van der Waals surface area contributed by atoms with E-state index in [0.29, 0.717) is 5.56 Å². The molecule has 5 heteroatoms. The summed E-state index contributed by atoms with van der Waals surface area (Å²) in [4.78, 5) is 10.6. The molecule has 0 radical (unpaired) electrons. The number of carboxylic acid groups (broad SMARTS) is 1. The fraction of sp³-hybridized carbons (Fsp3) is 0.429. The largest absolute Gasteiger partial charge is 0.475 e. The van der Waals surface area contributed by atoms with Gasteiger partial charge in [0.1, 0.15) is 0 Å². The summed E-state index contributed by atoms with van der Waals surface area (Å²) in [7, 11) is 0. The van der Waals surface area contributed by atoms with Crippen LogP contribution in [0.2, 0.25) is 5.15 Å². The predicted octanol–water partition coefficient (Wildman–Crippen LogP) is 1.90. The predicted molar refractivity (Wildman–Crippen MR) is 40.4 cm³/mol. The first kappa shape index (κ1) is 7.61. The average Bonchev–Trinajstić information content (AvgIpc) is 2.75. The van der Waals surface area contributed by atoms with E-state index in [2.05, 4.69) is 9.68 Å². The number of rotatable bonds is 2. The van der Waals surface area contributed by atoms with Crippen molar-refractivity contribution in [3.8, 4) is 0 Å². The van der Waals surface area contributed by atoms with Gasteiger partial charge in [-0.3, -0.25) is 0 Å². The number of nitrogens with zero attached hydrogens (tertiary/aromatic N) is 1. The normalized spacial score (nSPS) is 16.4. The Labute approximate surface area is 73.1 Å². The summed E-state index contributed by atoms with van der Waals surface area (Å²) in [6, 6.07) is 0. The number of aromatic carboxylic acids is 1. The molecule has 0 aliphatic heterocycles. The quantitative estimate of drug-likeness (QED) is 0.768. The lowest BCUT2D eigenvalue weighted by Gasteiger charge is -1.91. The highest BCUT2D eigenvalue weighted by molar-refractivity contribution is 6.30. The molecule has 1 N–H and O–H groups in total. The van der Waals surface area contributed by atoms with Gasteiger partial charge in [0.05, 0.1) is 0 Å². The Morgan fingerprint density at radius 2 is 2.33 bits per heavy atom. The van der Waals surface area contributed by atoms with E-state index in [9.17, 15) is 4.79 Å². The van der Waals surface area contributed by atoms with Crippen molar-refractivity contribution in [1.29, 1.82) is 0 Å². The molecule has 0 bridgehead atoms. The third-order valence-corrected chi connectivity index (χ3v) is 2.14. The highest BCUT2D eigenvalue weighted by atomic mass is 35.5. The van der Waals surface area contributed by atoms with Gasteiger partial charge in [-0.05, 0) is 18.8 Å². The van der Waals surface area contributed by atoms with E-state index in [1.54, 1.807) is 0 Å². The van der Waals surface area contributed by atoms with Gasteiger partial charge in [0, 0.05) is 5.56 Å². The molecule has 0 spiro atoms. The minimum atomic E-state index is -1.10. The van der Waals surface area contributed by atoms with Crippen molar-refractivity contribution in [3.05, 3.63) is 16.5 Å². The molecule has 1 aliphatic carbocycles. The molecule has 1 aliphatic rings. The Balaban J connectivity index is 2.46. The van der Waals surface area contributed by atoms with Crippen molar-refractivity contribution in [2.75, 3.05) is 0 Å². The molecule has 1 saturated carbocycles. The second kappa shape index (κ2) is 2.48. The highest BCUT2D eigenvalue weighted by Gasteiger charge is 2.34. The zero-order valence-electron chi connectivity index (χ0n) is 6.08. The second-order valence-corrected chi connectivity index (χ2v) is 3.15. The highest BCUT2D eigenvalue weighted by Crippen LogP contribution is 2.44. The molecule has 4 nitrogen and oxygen atoms in total. The van der Waals surface area contributed by atoms with Gasteiger partial charge in [0.2, 0.25) is 5.76 Å². The molecule has 1 fully saturated rings. The Bertz CT molecular complexity index is 329. The van der Waals surface area contributed by atoms with Crippen molar-refractivity contribution < 1.29 is 14.4 Å². The molecule has 0 saturated heterocycles. The Morgan fingerprint density at radius 1 is 1.67 bits per heavy atom. The molecular formula is C7H6ClNO3. The van der Waals surface area contributed by atoms with Crippen molar-refractivity contribution >= 4 is 17.6 Å². The number of hydrogen-bond donors (Lipinski definition) is 1. The van der Waals surface area contributed by atoms with Crippen LogP contribution in [-0.2, 0) is 0 Å². The molecule has 64 valence electrons. The summed E-state index contributed by atoms with van der Waals surface area (Å²) < 4.78 is 4.58. The van der Waals surface area contributed by atoms with E-state index in [-0.39, 0.29) is 16.8 Å². The maximum Gasteiger partial charge on any atom is 0.375 e. The van der Waals surface area contributed by atoms with Crippen LogP contribution in [0.25, 0.3) is 0 Å². The number of carbonyl (C=O) groups is 1. The number of halogens is 1. The zero-order valence-corrected chi connectivity index (χ0v) is 6.84. The lowest BCUT2D eigenvalue weighted by molar-refractivity contribution is 0.0650. The van der Waals surface area contributed by atoms with Crippen molar-refractivity contribution in [2.24, 2.45) is 0 Å². The molecule has 1 aromatic rings. The van der Waals surface area contributed by atoms with E-state index < -0.39 is 5.97 Å². The SMILES string of the molecule is O=C(O)c1onc(Cl)c1C1CC1. The van der Waals surface area contributed by atoms with Gasteiger partial charge in [-0.25, -0.2) is 4.79 Å². The van der Waals surface area contributed by atoms with Crippen LogP contribution in [0, 0.1) is 0 Å². The molecule has 2 rings (SSSR count). The van der Waals surface area contributed by atoms with Gasteiger partial charge in [-0.2, -0.15) is 0 Å². The molecule has 12 heavy (non-hydrogen) atoms. The molecule has 0 atom stereocenters. The lowest BCUT2D eigenvalue weighted by Crippen LogP contribution is -1.97. The van der Waals surface area contributed by atoms with E-state index >= 15 is 0 Å². The van der Waals surface area contributed by atoms with E-state index in [1.807, 2.05) is 0 Å². The van der Waals surface area contributed by atoms with Gasteiger partial charge in [0.15, 0.2) is 5.15 Å². The minimum Gasteiger partial charge on any atom is -0.475 e. The Morgan fingerprint density at radius 3 is 2.83 bits per heavy atom. The third-order valence-electron chi connectivity index (χ3n) is 1.86. The molecule has 0 amide bonds. The van der Waals surface area contributed by atoms with Gasteiger partial charge in [0.25, 0.3) is 0 Å². The summed E-state index contributed by atoms with van der Waals surface area (Å²) in [6.07, 6.45) is 1.95. The number of aromatic nitrogens is 1. The Hall–Kier alpha value is -1.03. The molecular weight excluding hydrogens is 182 g/mol. The maximum absolute atomic E-state index is 10.6. The topological polar surface area (TPSA) is 63.3 Å². The zero-order chi connectivity index (χ0) is 8.72. The number of carboxylic acids is 1. The second-order valence-electron chi connectivity index (χ2n) is 2.80. The third kappa shape index (κ3) is 1.08. The number of hydrogen-bond acceptors (Lipinski definition) is 3. The first-order chi connectivity index (χ1) is 5.70. The van der Waals surface area contributed by atoms with Crippen LogP contribution in [0.1, 0.15) is 34.9 Å². The van der Waals surface area contributed by atoms with Crippen LogP contribution in [0.5, 0.6) is 0 Å².